The number of benzene rings is 2. The fourth-order valence-corrected chi connectivity index (χ4v) is 3.80. The van der Waals surface area contributed by atoms with Crippen molar-refractivity contribution in [2.24, 2.45) is 0 Å². The zero-order chi connectivity index (χ0) is 22.1. The Morgan fingerprint density at radius 2 is 2.00 bits per heavy atom. The molecule has 3 aromatic rings. The maximum atomic E-state index is 14.2. The topological polar surface area (TPSA) is 80.0 Å². The molecule has 1 saturated heterocycles. The molecule has 4 rings (SSSR count). The summed E-state index contributed by atoms with van der Waals surface area (Å²) in [5.74, 6) is -2.45. The van der Waals surface area contributed by atoms with Gasteiger partial charge in [-0.05, 0) is 48.0 Å². The molecular weight excluding hydrogens is 425 g/mol. The Morgan fingerprint density at radius 1 is 1.19 bits per heavy atom. The second-order valence-electron chi connectivity index (χ2n) is 6.91. The fraction of sp³-hybridized carbons (Fsp3) is 0.130. The van der Waals surface area contributed by atoms with Gasteiger partial charge in [0, 0.05) is 10.6 Å². The van der Waals surface area contributed by atoms with Crippen LogP contribution >= 0.6 is 11.6 Å². The highest BCUT2D eigenvalue weighted by atomic mass is 35.5. The molecule has 1 aliphatic heterocycles. The molecule has 1 fully saturated rings. The van der Waals surface area contributed by atoms with E-state index in [1.54, 1.807) is 36.4 Å². The molecule has 1 atom stereocenters. The maximum Gasteiger partial charge on any atom is 0.296 e. The summed E-state index contributed by atoms with van der Waals surface area (Å²) in [4.78, 5) is 27.1. The van der Waals surface area contributed by atoms with Crippen LogP contribution in [0.2, 0.25) is 5.02 Å². The van der Waals surface area contributed by atoms with Crippen molar-refractivity contribution in [2.45, 2.75) is 12.6 Å². The first-order chi connectivity index (χ1) is 14.9. The van der Waals surface area contributed by atoms with Crippen molar-refractivity contribution in [1.29, 1.82) is 0 Å². The van der Waals surface area contributed by atoms with E-state index in [0.29, 0.717) is 16.3 Å². The summed E-state index contributed by atoms with van der Waals surface area (Å²) in [7, 11) is 1.32. The second-order valence-corrected chi connectivity index (χ2v) is 7.35. The molecule has 0 bridgehead atoms. The van der Waals surface area contributed by atoms with Crippen LogP contribution in [0, 0.1) is 5.82 Å². The molecule has 6 nitrogen and oxygen atoms in total. The van der Waals surface area contributed by atoms with Crippen LogP contribution in [0.25, 0.3) is 5.76 Å². The van der Waals surface area contributed by atoms with Gasteiger partial charge in [0.25, 0.3) is 11.7 Å². The normalized spacial score (nSPS) is 17.9. The van der Waals surface area contributed by atoms with Crippen molar-refractivity contribution in [3.63, 3.8) is 0 Å². The minimum absolute atomic E-state index is 0.00249. The SMILES string of the molecule is COc1ccc(C(O)=C2C(=O)C(=O)N(Cc3ccco3)C2c2cccc(Cl)c2)cc1F. The number of carbonyl (C=O) groups is 2. The van der Waals surface area contributed by atoms with Gasteiger partial charge in [0.2, 0.25) is 0 Å². The number of aliphatic hydroxyl groups is 1. The van der Waals surface area contributed by atoms with Gasteiger partial charge in [0.1, 0.15) is 11.5 Å². The summed E-state index contributed by atoms with van der Waals surface area (Å²) in [5, 5.41) is 11.4. The van der Waals surface area contributed by atoms with E-state index in [9.17, 15) is 19.1 Å². The number of furan rings is 1. The quantitative estimate of drug-likeness (QED) is 0.352. The van der Waals surface area contributed by atoms with Crippen molar-refractivity contribution in [1.82, 2.24) is 4.90 Å². The zero-order valence-corrected chi connectivity index (χ0v) is 17.1. The summed E-state index contributed by atoms with van der Waals surface area (Å²) < 4.78 is 24.5. The summed E-state index contributed by atoms with van der Waals surface area (Å²) in [6, 6.07) is 12.8. The van der Waals surface area contributed by atoms with Crippen molar-refractivity contribution in [3.8, 4) is 5.75 Å². The number of halogens is 2. The highest BCUT2D eigenvalue weighted by Gasteiger charge is 2.46. The molecule has 1 aromatic heterocycles. The third-order valence-electron chi connectivity index (χ3n) is 5.04. The Hall–Kier alpha value is -3.58. The van der Waals surface area contributed by atoms with Crippen molar-refractivity contribution in [3.05, 3.63) is 94.2 Å². The smallest absolute Gasteiger partial charge is 0.296 e. The number of aliphatic hydroxyl groups excluding tert-OH is 1. The third kappa shape index (κ3) is 3.80. The number of carbonyl (C=O) groups excluding carboxylic acids is 2. The largest absolute Gasteiger partial charge is 0.507 e. The average molecular weight is 442 g/mol. The number of Topliss-reactive ketones (excluding diaryl/α,β-unsaturated/α-hetero) is 1. The van der Waals surface area contributed by atoms with Gasteiger partial charge in [0.05, 0.1) is 31.5 Å². The molecule has 158 valence electrons. The summed E-state index contributed by atoms with van der Waals surface area (Å²) in [6.45, 7) is 0.00249. The first kappa shape index (κ1) is 20.7. The number of amides is 1. The van der Waals surface area contributed by atoms with Crippen LogP contribution in [0.5, 0.6) is 5.75 Å². The van der Waals surface area contributed by atoms with Crippen molar-refractivity contribution >= 4 is 29.1 Å². The number of rotatable bonds is 5. The molecule has 1 aliphatic rings. The molecule has 0 spiro atoms. The lowest BCUT2D eigenvalue weighted by Gasteiger charge is -2.24. The molecule has 31 heavy (non-hydrogen) atoms. The Balaban J connectivity index is 1.87. The molecule has 0 saturated carbocycles. The third-order valence-corrected chi connectivity index (χ3v) is 5.27. The number of nitrogens with zero attached hydrogens (tertiary/aromatic N) is 1. The predicted molar refractivity (Wildman–Crippen MR) is 111 cm³/mol. The molecule has 8 heteroatoms. The van der Waals surface area contributed by atoms with Gasteiger partial charge in [-0.2, -0.15) is 0 Å². The standard InChI is InChI=1S/C23H17ClFNO5/c1-30-18-8-7-14(11-17(18)25)21(27)19-20(13-4-2-5-15(24)10-13)26(23(29)22(19)28)12-16-6-3-9-31-16/h2-11,20,27H,12H2,1H3. The number of likely N-dealkylation sites (tertiary alicyclic amines) is 1. The fourth-order valence-electron chi connectivity index (χ4n) is 3.61. The van der Waals surface area contributed by atoms with E-state index >= 15 is 0 Å². The number of methoxy groups -OCH3 is 1. The van der Waals surface area contributed by atoms with Crippen LogP contribution in [0.3, 0.4) is 0 Å². The van der Waals surface area contributed by atoms with E-state index in [1.807, 2.05) is 0 Å². The molecule has 1 amide bonds. The van der Waals surface area contributed by atoms with E-state index in [4.69, 9.17) is 20.8 Å². The van der Waals surface area contributed by atoms with Gasteiger partial charge in [0.15, 0.2) is 11.6 Å². The lowest BCUT2D eigenvalue weighted by molar-refractivity contribution is -0.140. The highest BCUT2D eigenvalue weighted by molar-refractivity contribution is 6.46. The molecule has 2 heterocycles. The van der Waals surface area contributed by atoms with Crippen LogP contribution in [-0.2, 0) is 16.1 Å². The van der Waals surface area contributed by atoms with Gasteiger partial charge in [-0.25, -0.2) is 4.39 Å². The van der Waals surface area contributed by atoms with Gasteiger partial charge in [-0.15, -0.1) is 0 Å². The number of ether oxygens (including phenoxy) is 1. The Bertz CT molecular complexity index is 1190. The molecule has 1 unspecified atom stereocenters. The van der Waals surface area contributed by atoms with E-state index in [2.05, 4.69) is 0 Å². The van der Waals surface area contributed by atoms with Gasteiger partial charge in [-0.3, -0.25) is 9.59 Å². The zero-order valence-electron chi connectivity index (χ0n) is 16.3. The first-order valence-corrected chi connectivity index (χ1v) is 9.68. The van der Waals surface area contributed by atoms with Gasteiger partial charge in [-0.1, -0.05) is 23.7 Å². The lowest BCUT2D eigenvalue weighted by Crippen LogP contribution is -2.29. The molecule has 1 N–H and O–H groups in total. The average Bonchev–Trinajstić information content (AvgIpc) is 3.35. The minimum atomic E-state index is -0.936. The summed E-state index contributed by atoms with van der Waals surface area (Å²) >= 11 is 6.14. The number of hydrogen-bond donors (Lipinski definition) is 1. The highest BCUT2D eigenvalue weighted by Crippen LogP contribution is 2.41. The second kappa shape index (κ2) is 8.28. The number of hydrogen-bond acceptors (Lipinski definition) is 5. The molecule has 2 aromatic carbocycles. The maximum absolute atomic E-state index is 14.2. The molecule has 0 aliphatic carbocycles. The molecule has 0 radical (unpaired) electrons. The first-order valence-electron chi connectivity index (χ1n) is 9.31. The summed E-state index contributed by atoms with van der Waals surface area (Å²) in [5.41, 5.74) is 0.401. The Kier molecular flexibility index (Phi) is 5.52. The van der Waals surface area contributed by atoms with Crippen LogP contribution in [-0.4, -0.2) is 28.8 Å². The number of ketones is 1. The minimum Gasteiger partial charge on any atom is -0.507 e. The van der Waals surface area contributed by atoms with E-state index < -0.39 is 29.3 Å². The molecular formula is C23H17ClFNO5. The van der Waals surface area contributed by atoms with Gasteiger partial charge < -0.3 is 19.2 Å². The van der Waals surface area contributed by atoms with Crippen LogP contribution < -0.4 is 4.74 Å². The predicted octanol–water partition coefficient (Wildman–Crippen LogP) is 4.70. The van der Waals surface area contributed by atoms with E-state index in [-0.39, 0.29) is 23.4 Å². The van der Waals surface area contributed by atoms with Crippen LogP contribution in [0.1, 0.15) is 22.9 Å². The lowest BCUT2D eigenvalue weighted by atomic mass is 9.95. The summed E-state index contributed by atoms with van der Waals surface area (Å²) in [6.07, 6.45) is 1.46. The van der Waals surface area contributed by atoms with Gasteiger partial charge >= 0.3 is 0 Å². The monoisotopic (exact) mass is 441 g/mol. The van der Waals surface area contributed by atoms with Crippen LogP contribution in [0.4, 0.5) is 4.39 Å². The van der Waals surface area contributed by atoms with E-state index in [0.717, 1.165) is 6.07 Å². The van der Waals surface area contributed by atoms with Crippen LogP contribution in [0.15, 0.2) is 70.9 Å². The Morgan fingerprint density at radius 3 is 2.65 bits per heavy atom. The van der Waals surface area contributed by atoms with E-state index in [1.165, 1.54) is 30.4 Å². The van der Waals surface area contributed by atoms with Crippen molar-refractivity contribution < 1.29 is 28.2 Å². The Labute approximate surface area is 182 Å². The van der Waals surface area contributed by atoms with Crippen molar-refractivity contribution in [2.75, 3.05) is 7.11 Å².